The molecule has 0 fully saturated rings. The molecular formula is C23H15Cl2N3O4. The van der Waals surface area contributed by atoms with Crippen molar-refractivity contribution in [2.24, 2.45) is 0 Å². The first-order chi connectivity index (χ1) is 15.4. The average Bonchev–Trinajstić information content (AvgIpc) is 2.78. The molecule has 1 amide bonds. The molecule has 0 saturated carbocycles. The molecule has 0 heterocycles. The molecule has 0 atom stereocenters. The van der Waals surface area contributed by atoms with E-state index in [0.717, 1.165) is 0 Å². The fourth-order valence-electron chi connectivity index (χ4n) is 2.74. The molecule has 160 valence electrons. The van der Waals surface area contributed by atoms with E-state index in [9.17, 15) is 20.2 Å². The number of nitrogens with one attached hydrogen (secondary N) is 1. The fraction of sp³-hybridized carbons (Fsp3) is 0.0435. The number of rotatable bonds is 7. The third-order valence-corrected chi connectivity index (χ3v) is 4.84. The van der Waals surface area contributed by atoms with Crippen LogP contribution in [0.4, 0.5) is 11.4 Å². The molecule has 0 radical (unpaired) electrons. The number of hydrogen-bond donors (Lipinski definition) is 1. The van der Waals surface area contributed by atoms with Gasteiger partial charge in [0.25, 0.3) is 11.6 Å². The van der Waals surface area contributed by atoms with Crippen molar-refractivity contribution in [3.8, 4) is 11.8 Å². The first-order valence-corrected chi connectivity index (χ1v) is 9.96. The highest BCUT2D eigenvalue weighted by Gasteiger charge is 2.14. The Bertz CT molecular complexity index is 1250. The number of nitriles is 1. The molecule has 3 rings (SSSR count). The minimum Gasteiger partial charge on any atom is -0.488 e. The van der Waals surface area contributed by atoms with E-state index >= 15 is 0 Å². The molecule has 3 aromatic carbocycles. The second-order valence-corrected chi connectivity index (χ2v) is 7.35. The molecule has 0 aliphatic heterocycles. The first-order valence-electron chi connectivity index (χ1n) is 9.20. The quantitative estimate of drug-likeness (QED) is 0.197. The van der Waals surface area contributed by atoms with Crippen LogP contribution in [0.2, 0.25) is 10.0 Å². The van der Waals surface area contributed by atoms with Gasteiger partial charge in [-0.3, -0.25) is 14.9 Å². The van der Waals surface area contributed by atoms with Gasteiger partial charge in [-0.1, -0.05) is 47.5 Å². The van der Waals surface area contributed by atoms with Crippen molar-refractivity contribution in [2.45, 2.75) is 6.61 Å². The zero-order chi connectivity index (χ0) is 23.1. The first kappa shape index (κ1) is 22.8. The van der Waals surface area contributed by atoms with Gasteiger partial charge in [-0.25, -0.2) is 0 Å². The van der Waals surface area contributed by atoms with E-state index in [1.165, 1.54) is 18.2 Å². The number of non-ortho nitro benzene ring substituents is 1. The van der Waals surface area contributed by atoms with Crippen molar-refractivity contribution in [2.75, 3.05) is 5.32 Å². The van der Waals surface area contributed by atoms with Gasteiger partial charge in [-0.05, 0) is 42.0 Å². The van der Waals surface area contributed by atoms with Crippen molar-refractivity contribution in [1.82, 2.24) is 0 Å². The standard InChI is InChI=1S/C23H15Cl2N3O4/c24-18-8-9-22(32-14-15-4-3-5-19(10-15)28(30)31)16(12-18)11-17(13-26)23(29)27-21-7-2-1-6-20(21)25/h1-12H,14H2,(H,27,29)/b17-11+. The molecule has 32 heavy (non-hydrogen) atoms. The van der Waals surface area contributed by atoms with Gasteiger partial charge < -0.3 is 10.1 Å². The number of amides is 1. The molecule has 0 saturated heterocycles. The number of carbonyl (C=O) groups is 1. The summed E-state index contributed by atoms with van der Waals surface area (Å²) in [5.41, 5.74) is 1.11. The highest BCUT2D eigenvalue weighted by molar-refractivity contribution is 6.34. The van der Waals surface area contributed by atoms with Gasteiger partial charge >= 0.3 is 0 Å². The Hall–Kier alpha value is -3.86. The summed E-state index contributed by atoms with van der Waals surface area (Å²) >= 11 is 12.1. The lowest BCUT2D eigenvalue weighted by Crippen LogP contribution is -2.13. The summed E-state index contributed by atoms with van der Waals surface area (Å²) < 4.78 is 5.79. The number of carbonyl (C=O) groups excluding carboxylic acids is 1. The lowest BCUT2D eigenvalue weighted by atomic mass is 10.1. The molecule has 0 spiro atoms. The van der Waals surface area contributed by atoms with Crippen LogP contribution >= 0.6 is 23.2 Å². The Morgan fingerprint density at radius 3 is 2.62 bits per heavy atom. The normalized spacial score (nSPS) is 10.8. The van der Waals surface area contributed by atoms with Gasteiger partial charge in [-0.2, -0.15) is 5.26 Å². The van der Waals surface area contributed by atoms with Crippen LogP contribution in [0.25, 0.3) is 6.08 Å². The van der Waals surface area contributed by atoms with E-state index in [0.29, 0.717) is 32.6 Å². The van der Waals surface area contributed by atoms with Crippen LogP contribution in [0.3, 0.4) is 0 Å². The third kappa shape index (κ3) is 5.85. The van der Waals surface area contributed by atoms with Gasteiger partial charge in [0.2, 0.25) is 0 Å². The lowest BCUT2D eigenvalue weighted by Gasteiger charge is -2.11. The molecular weight excluding hydrogens is 453 g/mol. The molecule has 9 heteroatoms. The van der Waals surface area contributed by atoms with Crippen molar-refractivity contribution in [3.05, 3.63) is 104 Å². The van der Waals surface area contributed by atoms with Crippen molar-refractivity contribution >= 4 is 46.6 Å². The Morgan fingerprint density at radius 2 is 1.91 bits per heavy atom. The predicted octanol–water partition coefficient (Wildman–Crippen LogP) is 6.03. The average molecular weight is 468 g/mol. The third-order valence-electron chi connectivity index (χ3n) is 4.27. The molecule has 0 aliphatic carbocycles. The van der Waals surface area contributed by atoms with Gasteiger partial charge in [0.05, 0.1) is 15.6 Å². The highest BCUT2D eigenvalue weighted by atomic mass is 35.5. The monoisotopic (exact) mass is 467 g/mol. The number of benzene rings is 3. The number of halogens is 2. The fourth-order valence-corrected chi connectivity index (χ4v) is 3.10. The van der Waals surface area contributed by atoms with E-state index in [1.807, 2.05) is 6.07 Å². The van der Waals surface area contributed by atoms with Crippen LogP contribution < -0.4 is 10.1 Å². The molecule has 1 N–H and O–H groups in total. The second kappa shape index (κ2) is 10.4. The lowest BCUT2D eigenvalue weighted by molar-refractivity contribution is -0.384. The van der Waals surface area contributed by atoms with Crippen molar-refractivity contribution in [1.29, 1.82) is 5.26 Å². The summed E-state index contributed by atoms with van der Waals surface area (Å²) in [6.07, 6.45) is 1.35. The zero-order valence-corrected chi connectivity index (χ0v) is 17.9. The minimum absolute atomic E-state index is 0.0395. The summed E-state index contributed by atoms with van der Waals surface area (Å²) in [4.78, 5) is 23.0. The topological polar surface area (TPSA) is 105 Å². The number of para-hydroxylation sites is 1. The maximum Gasteiger partial charge on any atom is 0.269 e. The van der Waals surface area contributed by atoms with Crippen LogP contribution in [0, 0.1) is 21.4 Å². The minimum atomic E-state index is -0.648. The molecule has 7 nitrogen and oxygen atoms in total. The zero-order valence-electron chi connectivity index (χ0n) is 16.4. The summed E-state index contributed by atoms with van der Waals surface area (Å²) in [7, 11) is 0. The number of nitro benzene ring substituents is 1. The smallest absolute Gasteiger partial charge is 0.269 e. The van der Waals surface area contributed by atoms with Gasteiger partial charge in [0, 0.05) is 22.7 Å². The van der Waals surface area contributed by atoms with E-state index in [1.54, 1.807) is 54.6 Å². The van der Waals surface area contributed by atoms with Crippen molar-refractivity contribution < 1.29 is 14.5 Å². The SMILES string of the molecule is N#C/C(=C\c1cc(Cl)ccc1OCc1cccc([N+](=O)[O-])c1)C(=O)Nc1ccccc1Cl. The Kier molecular flexibility index (Phi) is 7.45. The number of nitrogens with zero attached hydrogens (tertiary/aromatic N) is 2. The van der Waals surface area contributed by atoms with Crippen LogP contribution in [0.5, 0.6) is 5.75 Å². The maximum atomic E-state index is 12.6. The van der Waals surface area contributed by atoms with E-state index in [2.05, 4.69) is 5.32 Å². The van der Waals surface area contributed by atoms with E-state index in [-0.39, 0.29) is 17.9 Å². The van der Waals surface area contributed by atoms with Gasteiger partial charge in [0.1, 0.15) is 24.0 Å². The maximum absolute atomic E-state index is 12.6. The number of hydrogen-bond acceptors (Lipinski definition) is 5. The van der Waals surface area contributed by atoms with Crippen LogP contribution in [0.15, 0.2) is 72.3 Å². The largest absolute Gasteiger partial charge is 0.488 e. The summed E-state index contributed by atoms with van der Waals surface area (Å²) in [6.45, 7) is 0.0395. The Morgan fingerprint density at radius 1 is 1.12 bits per heavy atom. The van der Waals surface area contributed by atoms with Crippen LogP contribution in [-0.4, -0.2) is 10.8 Å². The van der Waals surface area contributed by atoms with Crippen LogP contribution in [0.1, 0.15) is 11.1 Å². The van der Waals surface area contributed by atoms with Gasteiger partial charge in [0.15, 0.2) is 0 Å². The Balaban J connectivity index is 1.84. The van der Waals surface area contributed by atoms with E-state index in [4.69, 9.17) is 27.9 Å². The van der Waals surface area contributed by atoms with Crippen LogP contribution in [-0.2, 0) is 11.4 Å². The number of anilines is 1. The number of ether oxygens (including phenoxy) is 1. The number of nitro groups is 1. The molecule has 0 unspecified atom stereocenters. The second-order valence-electron chi connectivity index (χ2n) is 6.50. The summed E-state index contributed by atoms with van der Waals surface area (Å²) in [5.74, 6) is -0.301. The van der Waals surface area contributed by atoms with Gasteiger partial charge in [-0.15, -0.1) is 0 Å². The summed E-state index contributed by atoms with van der Waals surface area (Å²) in [5, 5.41) is 23.8. The summed E-state index contributed by atoms with van der Waals surface area (Å²) in [6, 6.07) is 19.3. The molecule has 3 aromatic rings. The van der Waals surface area contributed by atoms with Crippen molar-refractivity contribution in [3.63, 3.8) is 0 Å². The Labute approximate surface area is 193 Å². The highest BCUT2D eigenvalue weighted by Crippen LogP contribution is 2.27. The molecule has 0 bridgehead atoms. The molecule has 0 aromatic heterocycles. The van der Waals surface area contributed by atoms with E-state index < -0.39 is 10.8 Å². The molecule has 0 aliphatic rings. The predicted molar refractivity (Wildman–Crippen MR) is 123 cm³/mol.